The lowest BCUT2D eigenvalue weighted by molar-refractivity contribution is -0.375. The van der Waals surface area contributed by atoms with E-state index in [1.165, 1.54) is 0 Å². The molecule has 3 saturated heterocycles. The highest BCUT2D eigenvalue weighted by atomic mass is 16.8. The summed E-state index contributed by atoms with van der Waals surface area (Å²) in [5, 5.41) is 109. The van der Waals surface area contributed by atoms with Crippen molar-refractivity contribution >= 4 is 5.97 Å². The van der Waals surface area contributed by atoms with Crippen molar-refractivity contribution in [3.63, 3.8) is 0 Å². The van der Waals surface area contributed by atoms with Gasteiger partial charge in [-0.15, -0.1) is 0 Å². The van der Waals surface area contributed by atoms with Gasteiger partial charge in [-0.05, 0) is 0 Å². The van der Waals surface area contributed by atoms with Crippen LogP contribution in [0.5, 0.6) is 0 Å². The third kappa shape index (κ3) is 5.59. The van der Waals surface area contributed by atoms with E-state index in [1.807, 2.05) is 0 Å². The summed E-state index contributed by atoms with van der Waals surface area (Å²) in [6.07, 6.45) is -27.6. The van der Waals surface area contributed by atoms with Crippen LogP contribution in [0.2, 0.25) is 0 Å². The Hall–Kier alpha value is -1.13. The van der Waals surface area contributed by atoms with E-state index in [1.54, 1.807) is 0 Å². The second-order valence-electron chi connectivity index (χ2n) is 8.37. The van der Waals surface area contributed by atoms with Crippen LogP contribution < -0.4 is 0 Å². The Morgan fingerprint density at radius 1 is 0.600 bits per heavy atom. The Bertz CT molecular complexity index is 707. The molecular weight excluding hydrogens is 488 g/mol. The lowest BCUT2D eigenvalue weighted by Crippen LogP contribution is -2.66. The van der Waals surface area contributed by atoms with Gasteiger partial charge in [-0.25, -0.2) is 4.79 Å². The number of carboxylic acid groups (broad SMARTS) is 1. The van der Waals surface area contributed by atoms with E-state index in [2.05, 4.69) is 0 Å². The highest BCUT2D eigenvalue weighted by Crippen LogP contribution is 2.32. The molecule has 3 heterocycles. The quantitative estimate of drug-likeness (QED) is 0.149. The predicted octanol–water partition coefficient (Wildman–Crippen LogP) is -7.48. The van der Waals surface area contributed by atoms with Crippen LogP contribution in [0.4, 0.5) is 0 Å². The molecule has 3 aliphatic rings. The average Bonchev–Trinajstić information content (AvgIpc) is 2.83. The molecule has 0 aromatic heterocycles. The van der Waals surface area contributed by atoms with E-state index >= 15 is 0 Å². The molecule has 3 aliphatic heterocycles. The zero-order chi connectivity index (χ0) is 26.2. The number of rotatable bonds is 7. The second-order valence-corrected chi connectivity index (χ2v) is 8.37. The van der Waals surface area contributed by atoms with E-state index in [4.69, 9.17) is 23.7 Å². The standard InChI is InChI=1S/C18H30O17/c19-1-3-5(21)6(22)10(26)17(31-3)34-12-4(2-20)32-18(11(27)8(12)24)35-13-7(23)9(25)16(30)33-14(13)15(28)29/h3-14,16-27,30H,1-2H2,(H,28,29)/t3-,4-,5-,6+,7-,8-,9-,10-,11-,12-,13+,14+,16-,17-,18-/m1/s1. The minimum absolute atomic E-state index is 0.770. The van der Waals surface area contributed by atoms with E-state index in [-0.39, 0.29) is 0 Å². The first-order chi connectivity index (χ1) is 16.4. The zero-order valence-electron chi connectivity index (χ0n) is 17.9. The summed E-state index contributed by atoms with van der Waals surface area (Å²) in [6, 6.07) is 0. The van der Waals surface area contributed by atoms with Gasteiger partial charge in [-0.2, -0.15) is 0 Å². The molecule has 15 atom stereocenters. The van der Waals surface area contributed by atoms with Gasteiger partial charge in [-0.3, -0.25) is 0 Å². The molecule has 0 aliphatic carbocycles. The highest BCUT2D eigenvalue weighted by molar-refractivity contribution is 5.73. The van der Waals surface area contributed by atoms with Crippen LogP contribution in [0.15, 0.2) is 0 Å². The molecule has 11 N–H and O–H groups in total. The number of aliphatic carboxylic acids is 1. The summed E-state index contributed by atoms with van der Waals surface area (Å²) in [7, 11) is 0. The number of hydrogen-bond acceptors (Lipinski definition) is 16. The maximum atomic E-state index is 11.5. The smallest absolute Gasteiger partial charge is 0.335 e. The van der Waals surface area contributed by atoms with E-state index < -0.39 is 111 Å². The number of aliphatic hydroxyl groups is 10. The summed E-state index contributed by atoms with van der Waals surface area (Å²) in [5.74, 6) is -1.70. The third-order valence-electron chi connectivity index (χ3n) is 6.06. The fourth-order valence-corrected chi connectivity index (χ4v) is 4.02. The van der Waals surface area contributed by atoms with Crippen LogP contribution in [0, 0.1) is 0 Å². The molecule has 35 heavy (non-hydrogen) atoms. The molecular formula is C18H30O17. The first-order valence-corrected chi connectivity index (χ1v) is 10.6. The van der Waals surface area contributed by atoms with E-state index in [0.717, 1.165) is 0 Å². The van der Waals surface area contributed by atoms with Gasteiger partial charge in [0.15, 0.2) is 25.0 Å². The number of carboxylic acids is 1. The van der Waals surface area contributed by atoms with Gasteiger partial charge in [0, 0.05) is 0 Å². The molecule has 0 aromatic carbocycles. The molecule has 17 nitrogen and oxygen atoms in total. The number of carbonyl (C=O) groups is 1. The molecule has 3 fully saturated rings. The second kappa shape index (κ2) is 11.5. The molecule has 0 radical (unpaired) electrons. The van der Waals surface area contributed by atoms with Gasteiger partial charge in [-0.1, -0.05) is 0 Å². The van der Waals surface area contributed by atoms with Gasteiger partial charge in [0.05, 0.1) is 13.2 Å². The maximum absolute atomic E-state index is 11.5. The summed E-state index contributed by atoms with van der Waals surface area (Å²) in [4.78, 5) is 11.5. The van der Waals surface area contributed by atoms with Crippen molar-refractivity contribution in [2.45, 2.75) is 92.1 Å². The third-order valence-corrected chi connectivity index (χ3v) is 6.06. The molecule has 0 spiro atoms. The Morgan fingerprint density at radius 2 is 1.09 bits per heavy atom. The van der Waals surface area contributed by atoms with Crippen LogP contribution in [-0.4, -0.2) is 167 Å². The largest absolute Gasteiger partial charge is 0.479 e. The van der Waals surface area contributed by atoms with Crippen LogP contribution >= 0.6 is 0 Å². The van der Waals surface area contributed by atoms with E-state index in [9.17, 15) is 61.0 Å². The van der Waals surface area contributed by atoms with Crippen molar-refractivity contribution in [2.75, 3.05) is 13.2 Å². The lowest BCUT2D eigenvalue weighted by atomic mass is 9.96. The Labute approximate surface area is 196 Å². The van der Waals surface area contributed by atoms with Gasteiger partial charge < -0.3 is 79.9 Å². The van der Waals surface area contributed by atoms with Gasteiger partial charge in [0.1, 0.15) is 67.1 Å². The molecule has 0 bridgehead atoms. The molecule has 0 amide bonds. The normalized spacial score (nSPS) is 51.2. The molecule has 17 heteroatoms. The number of ether oxygens (including phenoxy) is 5. The lowest BCUT2D eigenvalue weighted by Gasteiger charge is -2.47. The highest BCUT2D eigenvalue weighted by Gasteiger charge is 2.54. The Balaban J connectivity index is 1.74. The van der Waals surface area contributed by atoms with Gasteiger partial charge >= 0.3 is 5.97 Å². The maximum Gasteiger partial charge on any atom is 0.335 e. The minimum atomic E-state index is -2.06. The van der Waals surface area contributed by atoms with Crippen molar-refractivity contribution in [3.8, 4) is 0 Å². The van der Waals surface area contributed by atoms with Crippen molar-refractivity contribution in [3.05, 3.63) is 0 Å². The summed E-state index contributed by atoms with van der Waals surface area (Å²) < 4.78 is 25.9. The molecule has 0 saturated carbocycles. The molecule has 0 unspecified atom stereocenters. The van der Waals surface area contributed by atoms with E-state index in [0.29, 0.717) is 0 Å². The van der Waals surface area contributed by atoms with Gasteiger partial charge in [0.2, 0.25) is 0 Å². The van der Waals surface area contributed by atoms with Crippen molar-refractivity contribution in [1.29, 1.82) is 0 Å². The van der Waals surface area contributed by atoms with Crippen molar-refractivity contribution in [2.24, 2.45) is 0 Å². The molecule has 0 aromatic rings. The molecule has 204 valence electrons. The first kappa shape index (κ1) is 28.4. The topological polar surface area (TPSA) is 286 Å². The minimum Gasteiger partial charge on any atom is -0.479 e. The van der Waals surface area contributed by atoms with Crippen LogP contribution in [0.25, 0.3) is 0 Å². The number of hydrogen-bond donors (Lipinski definition) is 11. The van der Waals surface area contributed by atoms with Gasteiger partial charge in [0.25, 0.3) is 0 Å². The SMILES string of the molecule is O=C(O)[C@H]1O[C@@H](O)[C@H](O)[C@@H](O)[C@@H]1O[C@H]1O[C@H](CO)[C@@H](O[C@H]2O[C@H](CO)[C@@H](O)[C@H](O)[C@H]2O)[C@H](O)[C@H]1O. The average molecular weight is 518 g/mol. The summed E-state index contributed by atoms with van der Waals surface area (Å²) >= 11 is 0. The fourth-order valence-electron chi connectivity index (χ4n) is 4.02. The number of aliphatic hydroxyl groups excluding tert-OH is 10. The van der Waals surface area contributed by atoms with Crippen molar-refractivity contribution < 1.29 is 84.7 Å². The first-order valence-electron chi connectivity index (χ1n) is 10.6. The summed E-state index contributed by atoms with van der Waals surface area (Å²) in [6.45, 7) is -1.66. The molecule has 3 rings (SSSR count). The predicted molar refractivity (Wildman–Crippen MR) is 102 cm³/mol. The zero-order valence-corrected chi connectivity index (χ0v) is 17.9. The van der Waals surface area contributed by atoms with Crippen LogP contribution in [0.1, 0.15) is 0 Å². The summed E-state index contributed by atoms with van der Waals surface area (Å²) in [5.41, 5.74) is 0. The van der Waals surface area contributed by atoms with Crippen molar-refractivity contribution in [1.82, 2.24) is 0 Å². The van der Waals surface area contributed by atoms with Crippen LogP contribution in [0.3, 0.4) is 0 Å². The Morgan fingerprint density at radius 3 is 1.63 bits per heavy atom. The Kier molecular flexibility index (Phi) is 9.35. The fraction of sp³-hybridized carbons (Fsp3) is 0.944. The van der Waals surface area contributed by atoms with Crippen LogP contribution in [-0.2, 0) is 28.5 Å². The monoisotopic (exact) mass is 518 g/mol.